The molecule has 2 nitrogen and oxygen atoms in total. The summed E-state index contributed by atoms with van der Waals surface area (Å²) >= 11 is 0. The summed E-state index contributed by atoms with van der Waals surface area (Å²) in [5, 5.41) is 10.2. The lowest BCUT2D eigenvalue weighted by Crippen LogP contribution is -2.33. The van der Waals surface area contributed by atoms with Gasteiger partial charge in [-0.25, -0.2) is 0 Å². The zero-order valence-electron chi connectivity index (χ0n) is 13.0. The Hall–Kier alpha value is -0.283. The highest BCUT2D eigenvalue weighted by Crippen LogP contribution is 2.28. The Balaban J connectivity index is 2.32. The highest BCUT2D eigenvalue weighted by Gasteiger charge is 2.29. The predicted molar refractivity (Wildman–Crippen MR) is 84.6 cm³/mol. The highest BCUT2D eigenvalue weighted by atomic mass is 28.4. The van der Waals surface area contributed by atoms with Crippen molar-refractivity contribution in [2.75, 3.05) is 0 Å². The van der Waals surface area contributed by atoms with Gasteiger partial charge in [-0.2, -0.15) is 0 Å². The first kappa shape index (κ1) is 16.8. The van der Waals surface area contributed by atoms with Crippen molar-refractivity contribution in [3.05, 3.63) is 12.3 Å². The molecule has 1 atom stereocenters. The average molecular weight is 285 g/mol. The number of rotatable bonds is 8. The van der Waals surface area contributed by atoms with Crippen molar-refractivity contribution in [3.8, 4) is 0 Å². The van der Waals surface area contributed by atoms with Gasteiger partial charge in [0.15, 0.2) is 0 Å². The second-order valence-electron chi connectivity index (χ2n) is 5.93. The van der Waals surface area contributed by atoms with Crippen LogP contribution in [0.3, 0.4) is 0 Å². The highest BCUT2D eigenvalue weighted by molar-refractivity contribution is 6.73. The summed E-state index contributed by atoms with van der Waals surface area (Å²) in [5.41, 5.74) is 0. The Labute approximate surface area is 120 Å². The van der Waals surface area contributed by atoms with E-state index in [4.69, 9.17) is 4.43 Å². The molecule has 1 saturated carbocycles. The van der Waals surface area contributed by atoms with Crippen LogP contribution in [0.2, 0.25) is 18.1 Å². The van der Waals surface area contributed by atoms with Crippen LogP contribution in [0.15, 0.2) is 12.3 Å². The lowest BCUT2D eigenvalue weighted by atomic mass is 9.84. The molecule has 0 bridgehead atoms. The van der Waals surface area contributed by atoms with Gasteiger partial charge < -0.3 is 9.53 Å². The van der Waals surface area contributed by atoms with Crippen molar-refractivity contribution in [1.29, 1.82) is 0 Å². The van der Waals surface area contributed by atoms with E-state index in [9.17, 15) is 5.11 Å². The van der Waals surface area contributed by atoms with Gasteiger partial charge in [0.25, 0.3) is 0 Å². The molecule has 0 amide bonds. The first-order chi connectivity index (χ1) is 9.17. The topological polar surface area (TPSA) is 29.5 Å². The normalized spacial score (nSPS) is 19.8. The molecule has 0 radical (unpaired) electrons. The van der Waals surface area contributed by atoms with Gasteiger partial charge >= 0.3 is 0 Å². The SMILES string of the molecule is CC[Si](CC)(CC)O/C=C/CC(O)C1CCCCC1. The van der Waals surface area contributed by atoms with Crippen LogP contribution < -0.4 is 0 Å². The van der Waals surface area contributed by atoms with Gasteiger partial charge in [-0.05, 0) is 49.4 Å². The zero-order chi connectivity index (χ0) is 14.1. The Morgan fingerprint density at radius 3 is 2.21 bits per heavy atom. The van der Waals surface area contributed by atoms with E-state index in [2.05, 4.69) is 20.8 Å². The smallest absolute Gasteiger partial charge is 0.249 e. The summed E-state index contributed by atoms with van der Waals surface area (Å²) < 4.78 is 6.06. The van der Waals surface area contributed by atoms with E-state index < -0.39 is 8.32 Å². The molecule has 3 heteroatoms. The molecule has 19 heavy (non-hydrogen) atoms. The molecule has 112 valence electrons. The maximum absolute atomic E-state index is 10.2. The molecule has 0 heterocycles. The Morgan fingerprint density at radius 2 is 1.68 bits per heavy atom. The molecule has 1 aliphatic rings. The van der Waals surface area contributed by atoms with E-state index in [0.717, 1.165) is 6.42 Å². The molecule has 1 rings (SSSR count). The standard InChI is InChI=1S/C16H32O2Si/c1-4-19(5-2,6-3)18-14-10-13-16(17)15-11-8-7-9-12-15/h10,14-17H,4-9,11-13H2,1-3H3/b14-10+. The lowest BCUT2D eigenvalue weighted by molar-refractivity contribution is 0.0870. The van der Waals surface area contributed by atoms with Crippen LogP contribution in [0.5, 0.6) is 0 Å². The molecule has 0 aromatic rings. The third-order valence-corrected chi connectivity index (χ3v) is 9.42. The van der Waals surface area contributed by atoms with Gasteiger partial charge in [-0.15, -0.1) is 0 Å². The summed E-state index contributed by atoms with van der Waals surface area (Å²) in [6.07, 6.45) is 10.9. The number of aliphatic hydroxyl groups is 1. The lowest BCUT2D eigenvalue weighted by Gasteiger charge is -2.27. The minimum Gasteiger partial charge on any atom is -0.549 e. The Morgan fingerprint density at radius 1 is 1.11 bits per heavy atom. The van der Waals surface area contributed by atoms with Gasteiger partial charge in [-0.3, -0.25) is 0 Å². The van der Waals surface area contributed by atoms with Gasteiger partial charge in [0, 0.05) is 0 Å². The van der Waals surface area contributed by atoms with Crippen LogP contribution in [0.4, 0.5) is 0 Å². The van der Waals surface area contributed by atoms with E-state index in [1.54, 1.807) is 0 Å². The van der Waals surface area contributed by atoms with E-state index in [1.807, 2.05) is 12.3 Å². The average Bonchev–Trinajstić information content (AvgIpc) is 2.49. The summed E-state index contributed by atoms with van der Waals surface area (Å²) in [5.74, 6) is 0.518. The summed E-state index contributed by atoms with van der Waals surface area (Å²) in [4.78, 5) is 0. The molecule has 0 spiro atoms. The zero-order valence-corrected chi connectivity index (χ0v) is 14.0. The fourth-order valence-corrected chi connectivity index (χ4v) is 5.48. The Bertz CT molecular complexity index is 247. The quantitative estimate of drug-likeness (QED) is 0.510. The van der Waals surface area contributed by atoms with Crippen LogP contribution in [0, 0.1) is 5.92 Å². The van der Waals surface area contributed by atoms with Crippen LogP contribution in [-0.4, -0.2) is 19.5 Å². The fourth-order valence-electron chi connectivity index (χ4n) is 3.10. The molecule has 1 aliphatic carbocycles. The summed E-state index contributed by atoms with van der Waals surface area (Å²) in [6, 6.07) is 3.53. The minimum absolute atomic E-state index is 0.166. The van der Waals surface area contributed by atoms with E-state index >= 15 is 0 Å². The van der Waals surface area contributed by atoms with Crippen molar-refractivity contribution in [1.82, 2.24) is 0 Å². The van der Waals surface area contributed by atoms with E-state index in [1.165, 1.54) is 50.2 Å². The fraction of sp³-hybridized carbons (Fsp3) is 0.875. The third kappa shape index (κ3) is 5.31. The maximum Gasteiger partial charge on any atom is 0.249 e. The minimum atomic E-state index is -1.50. The third-order valence-electron chi connectivity index (χ3n) is 4.92. The van der Waals surface area contributed by atoms with Crippen molar-refractivity contribution in [2.24, 2.45) is 5.92 Å². The predicted octanol–water partition coefficient (Wildman–Crippen LogP) is 4.85. The second-order valence-corrected chi connectivity index (χ2v) is 10.7. The molecule has 1 unspecified atom stereocenters. The monoisotopic (exact) mass is 284 g/mol. The maximum atomic E-state index is 10.2. The number of aliphatic hydroxyl groups excluding tert-OH is 1. The molecule has 0 aromatic heterocycles. The van der Waals surface area contributed by atoms with Gasteiger partial charge in [0.05, 0.1) is 12.4 Å². The van der Waals surface area contributed by atoms with Crippen LogP contribution in [0.1, 0.15) is 59.3 Å². The molecule has 0 saturated heterocycles. The molecule has 1 fully saturated rings. The second kappa shape index (κ2) is 8.80. The molecule has 0 aromatic carbocycles. The summed E-state index contributed by atoms with van der Waals surface area (Å²) in [7, 11) is -1.50. The van der Waals surface area contributed by atoms with Crippen molar-refractivity contribution >= 4 is 8.32 Å². The van der Waals surface area contributed by atoms with E-state index in [-0.39, 0.29) is 6.10 Å². The number of hydrogen-bond acceptors (Lipinski definition) is 2. The first-order valence-electron chi connectivity index (χ1n) is 8.18. The van der Waals surface area contributed by atoms with Gasteiger partial charge in [0.2, 0.25) is 8.32 Å². The molecular weight excluding hydrogens is 252 g/mol. The number of hydrogen-bond donors (Lipinski definition) is 1. The van der Waals surface area contributed by atoms with Gasteiger partial charge in [-0.1, -0.05) is 40.0 Å². The van der Waals surface area contributed by atoms with Crippen LogP contribution in [0.25, 0.3) is 0 Å². The van der Waals surface area contributed by atoms with Crippen molar-refractivity contribution in [2.45, 2.75) is 83.5 Å². The van der Waals surface area contributed by atoms with Crippen LogP contribution >= 0.6 is 0 Å². The van der Waals surface area contributed by atoms with Crippen LogP contribution in [-0.2, 0) is 4.43 Å². The molecule has 0 aliphatic heterocycles. The van der Waals surface area contributed by atoms with Crippen molar-refractivity contribution in [3.63, 3.8) is 0 Å². The van der Waals surface area contributed by atoms with Crippen molar-refractivity contribution < 1.29 is 9.53 Å². The largest absolute Gasteiger partial charge is 0.549 e. The molecular formula is C16H32O2Si. The summed E-state index contributed by atoms with van der Waals surface area (Å²) in [6.45, 7) is 6.72. The molecule has 1 N–H and O–H groups in total. The van der Waals surface area contributed by atoms with E-state index in [0.29, 0.717) is 5.92 Å². The van der Waals surface area contributed by atoms with Gasteiger partial charge in [0.1, 0.15) is 0 Å². The first-order valence-corrected chi connectivity index (χ1v) is 10.7. The Kier molecular flexibility index (Phi) is 7.77.